The summed E-state index contributed by atoms with van der Waals surface area (Å²) >= 11 is 7.23. The van der Waals surface area contributed by atoms with Gasteiger partial charge in [0.1, 0.15) is 0 Å². The maximum absolute atomic E-state index is 5.69. The fourth-order valence-corrected chi connectivity index (χ4v) is 1.30. The van der Waals surface area contributed by atoms with Gasteiger partial charge in [0.15, 0.2) is 0 Å². The Hall–Kier alpha value is -0.410. The minimum atomic E-state index is 0.520. The molecular weight excluding hydrogens is 168 g/mol. The van der Waals surface area contributed by atoms with E-state index in [0.717, 1.165) is 4.90 Å². The Balaban J connectivity index is 3.14. The first-order valence-electron chi connectivity index (χ1n) is 2.68. The highest BCUT2D eigenvalue weighted by atomic mass is 35.5. The van der Waals surface area contributed by atoms with Crippen LogP contribution < -0.4 is 5.73 Å². The highest BCUT2D eigenvalue weighted by Gasteiger charge is 2.00. The summed E-state index contributed by atoms with van der Waals surface area (Å²) in [7, 11) is 0. The van der Waals surface area contributed by atoms with E-state index in [1.54, 1.807) is 6.20 Å². The second-order valence-electron chi connectivity index (χ2n) is 1.74. The Bertz CT molecular complexity index is 239. The SMILES string of the molecule is CSc1cncc(Cl)c1N. The standard InChI is InChI=1S/C6H7ClN2S/c1-10-5-3-9-2-4(7)6(5)8/h2-3H,1H3,(H2,8,9). The first-order chi connectivity index (χ1) is 4.75. The van der Waals surface area contributed by atoms with Gasteiger partial charge < -0.3 is 5.73 Å². The van der Waals surface area contributed by atoms with Gasteiger partial charge in [-0.05, 0) is 6.26 Å². The normalized spacial score (nSPS) is 9.80. The van der Waals surface area contributed by atoms with Crippen molar-refractivity contribution in [1.29, 1.82) is 0 Å². The number of nitrogens with two attached hydrogens (primary N) is 1. The van der Waals surface area contributed by atoms with E-state index in [2.05, 4.69) is 4.98 Å². The maximum Gasteiger partial charge on any atom is 0.0830 e. The quantitative estimate of drug-likeness (QED) is 0.663. The van der Waals surface area contributed by atoms with E-state index in [4.69, 9.17) is 17.3 Å². The lowest BCUT2D eigenvalue weighted by atomic mass is 10.4. The number of hydrogen-bond donors (Lipinski definition) is 1. The smallest absolute Gasteiger partial charge is 0.0830 e. The van der Waals surface area contributed by atoms with Gasteiger partial charge in [-0.1, -0.05) is 11.6 Å². The lowest BCUT2D eigenvalue weighted by molar-refractivity contribution is 1.25. The summed E-state index contributed by atoms with van der Waals surface area (Å²) in [5.74, 6) is 0. The van der Waals surface area contributed by atoms with Gasteiger partial charge in [-0.3, -0.25) is 4.98 Å². The summed E-state index contributed by atoms with van der Waals surface area (Å²) in [6, 6.07) is 0. The topological polar surface area (TPSA) is 38.9 Å². The molecule has 2 nitrogen and oxygen atoms in total. The van der Waals surface area contributed by atoms with Crippen LogP contribution in [0.2, 0.25) is 5.02 Å². The molecule has 1 heterocycles. The second-order valence-corrected chi connectivity index (χ2v) is 2.99. The van der Waals surface area contributed by atoms with Crippen molar-refractivity contribution >= 4 is 29.1 Å². The summed E-state index contributed by atoms with van der Waals surface area (Å²) in [5, 5.41) is 0.520. The molecule has 4 heteroatoms. The number of aromatic nitrogens is 1. The van der Waals surface area contributed by atoms with Crippen molar-refractivity contribution in [2.45, 2.75) is 4.90 Å². The van der Waals surface area contributed by atoms with Gasteiger partial charge in [-0.15, -0.1) is 11.8 Å². The van der Waals surface area contributed by atoms with Crippen molar-refractivity contribution in [1.82, 2.24) is 4.98 Å². The molecule has 1 aromatic rings. The monoisotopic (exact) mass is 174 g/mol. The summed E-state index contributed by atoms with van der Waals surface area (Å²) < 4.78 is 0. The van der Waals surface area contributed by atoms with Crippen LogP contribution in [0.3, 0.4) is 0 Å². The third kappa shape index (κ3) is 1.36. The Morgan fingerprint density at radius 1 is 1.60 bits per heavy atom. The minimum absolute atomic E-state index is 0.520. The Morgan fingerprint density at radius 3 is 2.80 bits per heavy atom. The Morgan fingerprint density at radius 2 is 2.30 bits per heavy atom. The lowest BCUT2D eigenvalue weighted by Crippen LogP contribution is -1.89. The first-order valence-corrected chi connectivity index (χ1v) is 4.29. The van der Waals surface area contributed by atoms with Crippen molar-refractivity contribution in [3.8, 4) is 0 Å². The molecule has 0 unspecified atom stereocenters. The van der Waals surface area contributed by atoms with Gasteiger partial charge in [0, 0.05) is 17.3 Å². The summed E-state index contributed by atoms with van der Waals surface area (Å²) in [4.78, 5) is 4.81. The molecule has 0 spiro atoms. The van der Waals surface area contributed by atoms with Crippen LogP contribution in [0.5, 0.6) is 0 Å². The van der Waals surface area contributed by atoms with Crippen LogP contribution in [0.15, 0.2) is 17.3 Å². The molecule has 0 amide bonds. The molecule has 54 valence electrons. The molecule has 1 aromatic heterocycles. The number of nitrogen functional groups attached to an aromatic ring is 1. The largest absolute Gasteiger partial charge is 0.397 e. The first kappa shape index (κ1) is 7.69. The summed E-state index contributed by atoms with van der Waals surface area (Å²) in [6.07, 6.45) is 5.17. The van der Waals surface area contributed by atoms with E-state index in [1.807, 2.05) is 6.26 Å². The van der Waals surface area contributed by atoms with Crippen molar-refractivity contribution in [2.75, 3.05) is 12.0 Å². The molecule has 2 N–H and O–H groups in total. The van der Waals surface area contributed by atoms with Crippen LogP contribution in [-0.2, 0) is 0 Å². The van der Waals surface area contributed by atoms with E-state index in [-0.39, 0.29) is 0 Å². The number of nitrogens with zero attached hydrogens (tertiary/aromatic N) is 1. The molecule has 0 bridgehead atoms. The molecule has 0 radical (unpaired) electrons. The van der Waals surface area contributed by atoms with Crippen LogP contribution in [0.25, 0.3) is 0 Å². The highest BCUT2D eigenvalue weighted by Crippen LogP contribution is 2.27. The fourth-order valence-electron chi connectivity index (χ4n) is 0.590. The van der Waals surface area contributed by atoms with E-state index < -0.39 is 0 Å². The van der Waals surface area contributed by atoms with Gasteiger partial charge >= 0.3 is 0 Å². The van der Waals surface area contributed by atoms with Crippen molar-refractivity contribution in [2.24, 2.45) is 0 Å². The highest BCUT2D eigenvalue weighted by molar-refractivity contribution is 7.98. The fraction of sp³-hybridized carbons (Fsp3) is 0.167. The summed E-state index contributed by atoms with van der Waals surface area (Å²) in [5.41, 5.74) is 6.22. The molecule has 0 atom stereocenters. The van der Waals surface area contributed by atoms with Crippen LogP contribution >= 0.6 is 23.4 Å². The second kappa shape index (κ2) is 3.12. The van der Waals surface area contributed by atoms with Crippen LogP contribution in [0.1, 0.15) is 0 Å². The van der Waals surface area contributed by atoms with E-state index in [1.165, 1.54) is 18.0 Å². The number of hydrogen-bond acceptors (Lipinski definition) is 3. The van der Waals surface area contributed by atoms with Gasteiger partial charge in [0.05, 0.1) is 10.7 Å². The Kier molecular flexibility index (Phi) is 2.40. The number of thioether (sulfide) groups is 1. The predicted octanol–water partition coefficient (Wildman–Crippen LogP) is 2.04. The number of pyridine rings is 1. The third-order valence-corrected chi connectivity index (χ3v) is 2.19. The molecule has 0 aliphatic carbocycles. The van der Waals surface area contributed by atoms with Crippen molar-refractivity contribution < 1.29 is 0 Å². The van der Waals surface area contributed by atoms with E-state index in [9.17, 15) is 0 Å². The van der Waals surface area contributed by atoms with Gasteiger partial charge in [0.25, 0.3) is 0 Å². The molecule has 0 aliphatic heterocycles. The number of anilines is 1. The number of halogens is 1. The van der Waals surface area contributed by atoms with E-state index in [0.29, 0.717) is 10.7 Å². The molecule has 0 aromatic carbocycles. The molecule has 0 saturated heterocycles. The lowest BCUT2D eigenvalue weighted by Gasteiger charge is -2.00. The third-order valence-electron chi connectivity index (χ3n) is 1.12. The zero-order valence-corrected chi connectivity index (χ0v) is 7.04. The molecule has 1 rings (SSSR count). The molecule has 0 saturated carbocycles. The van der Waals surface area contributed by atoms with Gasteiger partial charge in [-0.25, -0.2) is 0 Å². The number of rotatable bonds is 1. The average molecular weight is 175 g/mol. The van der Waals surface area contributed by atoms with Crippen molar-refractivity contribution in [3.63, 3.8) is 0 Å². The van der Waals surface area contributed by atoms with Gasteiger partial charge in [-0.2, -0.15) is 0 Å². The van der Waals surface area contributed by atoms with Crippen LogP contribution in [-0.4, -0.2) is 11.2 Å². The minimum Gasteiger partial charge on any atom is -0.397 e. The Labute approximate surface area is 68.8 Å². The maximum atomic E-state index is 5.69. The van der Waals surface area contributed by atoms with Crippen LogP contribution in [0.4, 0.5) is 5.69 Å². The zero-order chi connectivity index (χ0) is 7.56. The van der Waals surface area contributed by atoms with Gasteiger partial charge in [0.2, 0.25) is 0 Å². The predicted molar refractivity (Wildman–Crippen MR) is 45.4 cm³/mol. The summed E-state index contributed by atoms with van der Waals surface area (Å²) in [6.45, 7) is 0. The molecule has 0 fully saturated rings. The molecular formula is C6H7ClN2S. The van der Waals surface area contributed by atoms with Crippen LogP contribution in [0, 0.1) is 0 Å². The average Bonchev–Trinajstić information content (AvgIpc) is 1.95. The molecule has 10 heavy (non-hydrogen) atoms. The zero-order valence-electron chi connectivity index (χ0n) is 5.47. The van der Waals surface area contributed by atoms with E-state index >= 15 is 0 Å². The van der Waals surface area contributed by atoms with Crippen molar-refractivity contribution in [3.05, 3.63) is 17.4 Å². The molecule has 0 aliphatic rings.